The zero-order valence-corrected chi connectivity index (χ0v) is 22.4. The van der Waals surface area contributed by atoms with Gasteiger partial charge < -0.3 is 4.84 Å². The van der Waals surface area contributed by atoms with Gasteiger partial charge in [0.05, 0.1) is 10.7 Å². The third-order valence-corrected chi connectivity index (χ3v) is 6.64. The van der Waals surface area contributed by atoms with E-state index in [0.717, 1.165) is 49.3 Å². The van der Waals surface area contributed by atoms with E-state index in [0.29, 0.717) is 33.5 Å². The Balaban J connectivity index is 1.71. The maximum Gasteiger partial charge on any atom is 0.294 e. The van der Waals surface area contributed by atoms with Crippen LogP contribution in [0, 0.1) is 22.0 Å². The van der Waals surface area contributed by atoms with Gasteiger partial charge in [-0.3, -0.25) is 14.8 Å². The van der Waals surface area contributed by atoms with E-state index in [-0.39, 0.29) is 18.9 Å². The van der Waals surface area contributed by atoms with Crippen LogP contribution in [-0.4, -0.2) is 45.3 Å². The quantitative estimate of drug-likeness (QED) is 0.170. The van der Waals surface area contributed by atoms with E-state index in [1.165, 1.54) is 0 Å². The molecule has 1 N–H and O–H groups in total. The molecule has 0 saturated carbocycles. The highest BCUT2D eigenvalue weighted by Crippen LogP contribution is 2.33. The van der Waals surface area contributed by atoms with E-state index in [2.05, 4.69) is 22.1 Å². The summed E-state index contributed by atoms with van der Waals surface area (Å²) in [7, 11) is 0. The van der Waals surface area contributed by atoms with Gasteiger partial charge in [-0.2, -0.15) is 0 Å². The fourth-order valence-corrected chi connectivity index (χ4v) is 4.82. The van der Waals surface area contributed by atoms with Crippen molar-refractivity contribution in [2.45, 2.75) is 39.0 Å². The van der Waals surface area contributed by atoms with Gasteiger partial charge in [-0.15, -0.1) is 10.1 Å². The summed E-state index contributed by atoms with van der Waals surface area (Å²) in [5.74, 6) is 6.11. The Morgan fingerprint density at radius 2 is 1.89 bits per heavy atom. The molecule has 4 rings (SSSR count). The van der Waals surface area contributed by atoms with Crippen molar-refractivity contribution < 1.29 is 14.7 Å². The number of hydrogen-bond acceptors (Lipinski definition) is 6. The normalized spacial score (nSPS) is 13.4. The molecule has 1 saturated heterocycles. The van der Waals surface area contributed by atoms with Crippen LogP contribution in [0.25, 0.3) is 17.1 Å². The summed E-state index contributed by atoms with van der Waals surface area (Å²) >= 11 is 12.7. The maximum atomic E-state index is 13.4. The van der Waals surface area contributed by atoms with Gasteiger partial charge in [-0.25, -0.2) is 9.99 Å². The van der Waals surface area contributed by atoms with Gasteiger partial charge in [-0.1, -0.05) is 48.4 Å². The Morgan fingerprint density at radius 3 is 2.55 bits per heavy atom. The van der Waals surface area contributed by atoms with Crippen LogP contribution >= 0.6 is 23.2 Å². The molecule has 3 aromatic rings. The van der Waals surface area contributed by atoms with Crippen molar-refractivity contribution in [2.24, 2.45) is 0 Å². The molecule has 0 bridgehead atoms. The number of carbonyl (C=O) groups excluding carboxylic acids is 1. The Morgan fingerprint density at radius 1 is 1.16 bits per heavy atom. The lowest BCUT2D eigenvalue weighted by Crippen LogP contribution is -2.45. The van der Waals surface area contributed by atoms with Crippen LogP contribution in [-0.2, 0) is 11.3 Å². The molecule has 0 spiro atoms. The monoisotopic (exact) mass is 555 g/mol. The number of benzene rings is 2. The molecule has 38 heavy (non-hydrogen) atoms. The predicted molar refractivity (Wildman–Crippen MR) is 146 cm³/mol. The molecule has 1 amide bonds. The van der Waals surface area contributed by atoms with E-state index in [1.54, 1.807) is 18.2 Å². The molecular formula is C27H27Cl2N5O4. The van der Waals surface area contributed by atoms with E-state index >= 15 is 0 Å². The number of piperidine rings is 1. The number of imidazole rings is 1. The molecule has 0 atom stereocenters. The highest BCUT2D eigenvalue weighted by atomic mass is 35.5. The second-order valence-electron chi connectivity index (χ2n) is 8.69. The number of halogens is 2. The van der Waals surface area contributed by atoms with Crippen LogP contribution in [0.1, 0.15) is 54.4 Å². The summed E-state index contributed by atoms with van der Waals surface area (Å²) in [6.07, 6.45) is 4.03. The highest BCUT2D eigenvalue weighted by molar-refractivity contribution is 6.36. The smallest absolute Gasteiger partial charge is 0.294 e. The van der Waals surface area contributed by atoms with Crippen LogP contribution in [0.2, 0.25) is 10.0 Å². The first-order valence-corrected chi connectivity index (χ1v) is 13.1. The molecule has 9 nitrogen and oxygen atoms in total. The lowest BCUT2D eigenvalue weighted by Gasteiger charge is -2.26. The van der Waals surface area contributed by atoms with Crippen molar-refractivity contribution in [3.63, 3.8) is 0 Å². The molecule has 11 heteroatoms. The number of hydrogen-bond donors (Lipinski definition) is 1. The highest BCUT2D eigenvalue weighted by Gasteiger charge is 2.26. The molecule has 1 aliphatic rings. The Hall–Kier alpha value is -3.58. The van der Waals surface area contributed by atoms with Crippen molar-refractivity contribution in [3.8, 4) is 28.9 Å². The Bertz CT molecular complexity index is 1370. The molecule has 1 aromatic heterocycles. The van der Waals surface area contributed by atoms with Crippen molar-refractivity contribution in [1.29, 1.82) is 0 Å². The van der Waals surface area contributed by atoms with Crippen LogP contribution < -0.4 is 5.43 Å². The fourth-order valence-electron chi connectivity index (χ4n) is 4.32. The summed E-state index contributed by atoms with van der Waals surface area (Å²) in [5.41, 5.74) is 6.28. The molecule has 0 unspecified atom stereocenters. The van der Waals surface area contributed by atoms with E-state index < -0.39 is 5.09 Å². The van der Waals surface area contributed by atoms with Gasteiger partial charge in [0.1, 0.15) is 12.4 Å². The number of amides is 1. The van der Waals surface area contributed by atoms with Gasteiger partial charge in [0.2, 0.25) is 0 Å². The van der Waals surface area contributed by atoms with E-state index in [4.69, 9.17) is 28.2 Å². The second kappa shape index (κ2) is 12.8. The van der Waals surface area contributed by atoms with Crippen molar-refractivity contribution >= 4 is 29.1 Å². The lowest BCUT2D eigenvalue weighted by molar-refractivity contribution is -0.757. The number of hydrazine groups is 1. The minimum absolute atomic E-state index is 0.0829. The zero-order valence-electron chi connectivity index (χ0n) is 20.9. The van der Waals surface area contributed by atoms with Crippen LogP contribution in [0.3, 0.4) is 0 Å². The van der Waals surface area contributed by atoms with Crippen LogP contribution in [0.5, 0.6) is 0 Å². The molecule has 2 heterocycles. The number of nitrogens with one attached hydrogen (secondary N) is 1. The number of carbonyl (C=O) groups is 1. The first kappa shape index (κ1) is 27.5. The fraction of sp³-hybridized carbons (Fsp3) is 0.333. The van der Waals surface area contributed by atoms with E-state index in [1.807, 2.05) is 40.8 Å². The molecule has 0 aliphatic carbocycles. The first-order chi connectivity index (χ1) is 18.4. The molecule has 1 fully saturated rings. The van der Waals surface area contributed by atoms with Crippen LogP contribution in [0.15, 0.2) is 42.5 Å². The van der Waals surface area contributed by atoms with Gasteiger partial charge in [-0.05, 0) is 61.7 Å². The van der Waals surface area contributed by atoms with Gasteiger partial charge in [0.25, 0.3) is 11.0 Å². The summed E-state index contributed by atoms with van der Waals surface area (Å²) in [5, 5.41) is 12.3. The SMILES string of the molecule is CCc1c(C(=O)NN2CCCCC2)nc(-c2ccc(Cl)cc2Cl)n1-c1ccc(C#CCCO[N+](=O)[O-])cc1. The zero-order chi connectivity index (χ0) is 27.1. The number of nitrogens with zero attached hydrogens (tertiary/aromatic N) is 4. The predicted octanol–water partition coefficient (Wildman–Crippen LogP) is 5.49. The van der Waals surface area contributed by atoms with Gasteiger partial charge in [0.15, 0.2) is 5.69 Å². The topological polar surface area (TPSA) is 103 Å². The average molecular weight is 556 g/mol. The Kier molecular flexibility index (Phi) is 9.24. The first-order valence-electron chi connectivity index (χ1n) is 12.4. The average Bonchev–Trinajstić information content (AvgIpc) is 3.29. The molecule has 0 radical (unpaired) electrons. The van der Waals surface area contributed by atoms with Crippen molar-refractivity contribution in [2.75, 3.05) is 19.7 Å². The third kappa shape index (κ3) is 6.64. The molecular weight excluding hydrogens is 529 g/mol. The maximum absolute atomic E-state index is 13.4. The summed E-state index contributed by atoms with van der Waals surface area (Å²) < 4.78 is 1.93. The largest absolute Gasteiger partial charge is 0.313 e. The van der Waals surface area contributed by atoms with Crippen molar-refractivity contribution in [3.05, 3.63) is 79.6 Å². The minimum Gasteiger partial charge on any atom is -0.313 e. The summed E-state index contributed by atoms with van der Waals surface area (Å²) in [6, 6.07) is 12.6. The number of rotatable bonds is 8. The standard InChI is InChI=1S/C27H27Cl2N5O4/c1-2-24-25(27(35)31-32-15-5-3-6-16-32)30-26(22-14-11-20(28)18-23(22)29)33(24)21-12-9-19(10-13-21)8-4-7-17-38-34(36)37/h9-14,18H,2-3,5-7,15-17H2,1H3,(H,31,35). The Labute approximate surface area is 230 Å². The number of aromatic nitrogens is 2. The van der Waals surface area contributed by atoms with Crippen molar-refractivity contribution in [1.82, 2.24) is 20.0 Å². The third-order valence-electron chi connectivity index (χ3n) is 6.09. The van der Waals surface area contributed by atoms with Gasteiger partial charge >= 0.3 is 0 Å². The molecule has 1 aliphatic heterocycles. The minimum atomic E-state index is -0.835. The summed E-state index contributed by atoms with van der Waals surface area (Å²) in [4.78, 5) is 32.7. The van der Waals surface area contributed by atoms with E-state index in [9.17, 15) is 14.9 Å². The van der Waals surface area contributed by atoms with Gasteiger partial charge in [0, 0.05) is 41.3 Å². The lowest BCUT2D eigenvalue weighted by atomic mass is 10.1. The second-order valence-corrected chi connectivity index (χ2v) is 9.53. The summed E-state index contributed by atoms with van der Waals surface area (Å²) in [6.45, 7) is 3.51. The van der Waals surface area contributed by atoms with Crippen LogP contribution in [0.4, 0.5) is 0 Å². The molecule has 2 aromatic carbocycles. The molecule has 198 valence electrons.